The van der Waals surface area contributed by atoms with Crippen LogP contribution in [0.2, 0.25) is 10.0 Å². The van der Waals surface area contributed by atoms with Gasteiger partial charge in [-0.3, -0.25) is 0 Å². The van der Waals surface area contributed by atoms with Crippen molar-refractivity contribution in [1.82, 2.24) is 4.57 Å². The Morgan fingerprint density at radius 1 is 1.12 bits per heavy atom. The number of nitrogens with zero attached hydrogens (tertiary/aromatic N) is 2. The molecule has 0 atom stereocenters. The summed E-state index contributed by atoms with van der Waals surface area (Å²) in [6.07, 6.45) is 1.76. The number of hydrogen-bond donors (Lipinski definition) is 0. The van der Waals surface area contributed by atoms with E-state index in [2.05, 4.69) is 6.07 Å². The first-order valence-corrected chi connectivity index (χ1v) is 8.68. The van der Waals surface area contributed by atoms with Crippen molar-refractivity contribution >= 4 is 34.9 Å². The van der Waals surface area contributed by atoms with Crippen molar-refractivity contribution in [2.45, 2.75) is 13.8 Å². The van der Waals surface area contributed by atoms with Gasteiger partial charge in [0.25, 0.3) is 0 Å². The van der Waals surface area contributed by atoms with E-state index in [-0.39, 0.29) is 5.82 Å². The highest BCUT2D eigenvalue weighted by Gasteiger charge is 2.13. The fourth-order valence-electron chi connectivity index (χ4n) is 2.96. The third-order valence-electron chi connectivity index (χ3n) is 4.18. The molecule has 5 heteroatoms. The van der Waals surface area contributed by atoms with Crippen LogP contribution >= 0.6 is 23.2 Å². The lowest BCUT2D eigenvalue weighted by atomic mass is 10.0. The highest BCUT2D eigenvalue weighted by atomic mass is 35.5. The van der Waals surface area contributed by atoms with Crippen LogP contribution in [0.4, 0.5) is 4.39 Å². The van der Waals surface area contributed by atoms with E-state index in [1.165, 1.54) is 12.1 Å². The molecule has 26 heavy (non-hydrogen) atoms. The smallest absolute Gasteiger partial charge is 0.123 e. The number of rotatable bonds is 3. The lowest BCUT2D eigenvalue weighted by molar-refractivity contribution is 0.627. The zero-order valence-electron chi connectivity index (χ0n) is 14.2. The van der Waals surface area contributed by atoms with Gasteiger partial charge in [0.2, 0.25) is 0 Å². The van der Waals surface area contributed by atoms with Gasteiger partial charge in [-0.15, -0.1) is 0 Å². The Kier molecular flexibility index (Phi) is 5.18. The Bertz CT molecular complexity index is 1060. The average Bonchev–Trinajstić information content (AvgIpc) is 2.87. The minimum absolute atomic E-state index is 0.373. The SMILES string of the molecule is Cc1cc(/C=C(/C#N)c2cccc(F)c2)c(C)n1-c1ccc(Cl)cc1Cl. The van der Waals surface area contributed by atoms with Gasteiger partial charge in [0, 0.05) is 16.4 Å². The number of aryl methyl sites for hydroxylation is 1. The van der Waals surface area contributed by atoms with Gasteiger partial charge in [0.15, 0.2) is 0 Å². The molecule has 3 rings (SSSR count). The Morgan fingerprint density at radius 2 is 1.88 bits per heavy atom. The van der Waals surface area contributed by atoms with Crippen LogP contribution in [0.1, 0.15) is 22.5 Å². The van der Waals surface area contributed by atoms with Crippen molar-refractivity contribution in [3.8, 4) is 11.8 Å². The number of benzene rings is 2. The number of nitriles is 1. The van der Waals surface area contributed by atoms with Crippen LogP contribution in [0.5, 0.6) is 0 Å². The monoisotopic (exact) mass is 384 g/mol. The largest absolute Gasteiger partial charge is 0.316 e. The molecule has 0 aliphatic heterocycles. The molecule has 0 aliphatic rings. The van der Waals surface area contributed by atoms with Gasteiger partial charge in [-0.05, 0) is 67.4 Å². The molecule has 130 valence electrons. The summed E-state index contributed by atoms with van der Waals surface area (Å²) in [5.74, 6) is -0.373. The van der Waals surface area contributed by atoms with Gasteiger partial charge < -0.3 is 4.57 Å². The maximum absolute atomic E-state index is 13.5. The fourth-order valence-corrected chi connectivity index (χ4v) is 3.45. The lowest BCUT2D eigenvalue weighted by Crippen LogP contribution is -2.00. The summed E-state index contributed by atoms with van der Waals surface area (Å²) in [4.78, 5) is 0. The highest BCUT2D eigenvalue weighted by Crippen LogP contribution is 2.30. The molecule has 0 fully saturated rings. The van der Waals surface area contributed by atoms with E-state index in [0.29, 0.717) is 21.2 Å². The minimum atomic E-state index is -0.373. The second-order valence-corrected chi connectivity index (χ2v) is 6.78. The Balaban J connectivity index is 2.12. The number of hydrogen-bond acceptors (Lipinski definition) is 1. The molecule has 0 aliphatic carbocycles. The molecule has 2 nitrogen and oxygen atoms in total. The van der Waals surface area contributed by atoms with Crippen LogP contribution in [0.3, 0.4) is 0 Å². The standard InChI is InChI=1S/C21H15Cl2FN2/c1-13-8-16(9-17(12-25)15-4-3-5-19(24)10-15)14(2)26(13)21-7-6-18(22)11-20(21)23/h3-11H,1-2H3/b17-9-. The highest BCUT2D eigenvalue weighted by molar-refractivity contribution is 6.35. The third-order valence-corrected chi connectivity index (χ3v) is 4.71. The summed E-state index contributed by atoms with van der Waals surface area (Å²) in [6, 6.07) is 15.5. The van der Waals surface area contributed by atoms with Crippen molar-refractivity contribution in [2.75, 3.05) is 0 Å². The van der Waals surface area contributed by atoms with Gasteiger partial charge in [-0.2, -0.15) is 5.26 Å². The van der Waals surface area contributed by atoms with E-state index in [9.17, 15) is 9.65 Å². The van der Waals surface area contributed by atoms with Crippen LogP contribution in [-0.4, -0.2) is 4.57 Å². The Morgan fingerprint density at radius 3 is 2.54 bits per heavy atom. The van der Waals surface area contributed by atoms with Crippen molar-refractivity contribution in [2.24, 2.45) is 0 Å². The Labute approximate surface area is 161 Å². The molecule has 0 bridgehead atoms. The molecule has 0 saturated carbocycles. The molecule has 0 spiro atoms. The molecule has 2 aromatic carbocycles. The van der Waals surface area contributed by atoms with Crippen LogP contribution in [0.25, 0.3) is 17.3 Å². The predicted octanol–water partition coefficient (Wildman–Crippen LogP) is 6.60. The van der Waals surface area contributed by atoms with E-state index >= 15 is 0 Å². The van der Waals surface area contributed by atoms with Crippen LogP contribution < -0.4 is 0 Å². The summed E-state index contributed by atoms with van der Waals surface area (Å²) in [5.41, 5.74) is 4.52. The summed E-state index contributed by atoms with van der Waals surface area (Å²) in [6.45, 7) is 3.91. The number of halogens is 3. The minimum Gasteiger partial charge on any atom is -0.316 e. The van der Waals surface area contributed by atoms with Crippen molar-refractivity contribution in [3.63, 3.8) is 0 Å². The summed E-state index contributed by atoms with van der Waals surface area (Å²) < 4.78 is 15.5. The van der Waals surface area contributed by atoms with Crippen LogP contribution in [-0.2, 0) is 0 Å². The number of aromatic nitrogens is 1. The molecule has 0 saturated heterocycles. The molecule has 0 amide bonds. The molecule has 1 heterocycles. The van der Waals surface area contributed by atoms with Gasteiger partial charge in [0.05, 0.1) is 22.4 Å². The molecule has 0 radical (unpaired) electrons. The van der Waals surface area contributed by atoms with Crippen molar-refractivity contribution in [3.05, 3.63) is 86.9 Å². The summed E-state index contributed by atoms with van der Waals surface area (Å²) >= 11 is 12.3. The maximum atomic E-state index is 13.5. The molecular formula is C21H15Cl2FN2. The van der Waals surface area contributed by atoms with Crippen molar-refractivity contribution < 1.29 is 4.39 Å². The second kappa shape index (κ2) is 7.37. The predicted molar refractivity (Wildman–Crippen MR) is 105 cm³/mol. The van der Waals surface area contributed by atoms with E-state index < -0.39 is 0 Å². The average molecular weight is 385 g/mol. The summed E-state index contributed by atoms with van der Waals surface area (Å²) in [7, 11) is 0. The Hall–Kier alpha value is -2.54. The molecular weight excluding hydrogens is 370 g/mol. The normalized spacial score (nSPS) is 11.5. The van der Waals surface area contributed by atoms with Gasteiger partial charge >= 0.3 is 0 Å². The van der Waals surface area contributed by atoms with Gasteiger partial charge in [-0.25, -0.2) is 4.39 Å². The summed E-state index contributed by atoms with van der Waals surface area (Å²) in [5, 5.41) is 10.6. The van der Waals surface area contributed by atoms with Gasteiger partial charge in [-0.1, -0.05) is 35.3 Å². The fraction of sp³-hybridized carbons (Fsp3) is 0.0952. The first-order valence-electron chi connectivity index (χ1n) is 7.93. The van der Waals surface area contributed by atoms with Crippen LogP contribution in [0, 0.1) is 31.0 Å². The molecule has 0 N–H and O–H groups in total. The quantitative estimate of drug-likeness (QED) is 0.467. The second-order valence-electron chi connectivity index (χ2n) is 5.94. The molecule has 0 unspecified atom stereocenters. The first-order chi connectivity index (χ1) is 12.4. The first kappa shape index (κ1) is 18.3. The topological polar surface area (TPSA) is 28.7 Å². The third kappa shape index (κ3) is 3.53. The van der Waals surface area contributed by atoms with E-state index in [0.717, 1.165) is 22.6 Å². The molecule has 1 aromatic heterocycles. The zero-order chi connectivity index (χ0) is 18.8. The zero-order valence-corrected chi connectivity index (χ0v) is 15.7. The molecule has 3 aromatic rings. The van der Waals surface area contributed by atoms with E-state index in [4.69, 9.17) is 23.2 Å². The van der Waals surface area contributed by atoms with E-state index in [1.54, 1.807) is 30.3 Å². The van der Waals surface area contributed by atoms with Crippen LogP contribution in [0.15, 0.2) is 48.5 Å². The van der Waals surface area contributed by atoms with Gasteiger partial charge in [0.1, 0.15) is 5.82 Å². The lowest BCUT2D eigenvalue weighted by Gasteiger charge is -2.12. The number of allylic oxidation sites excluding steroid dienone is 1. The maximum Gasteiger partial charge on any atom is 0.123 e. The van der Waals surface area contributed by atoms with E-state index in [1.807, 2.05) is 30.5 Å². The van der Waals surface area contributed by atoms with Crippen molar-refractivity contribution in [1.29, 1.82) is 5.26 Å².